The van der Waals surface area contributed by atoms with Gasteiger partial charge in [0.1, 0.15) is 12.6 Å². The van der Waals surface area contributed by atoms with Crippen LogP contribution in [0.1, 0.15) is 51.4 Å². The predicted octanol–water partition coefficient (Wildman–Crippen LogP) is 1.51. The molecule has 3 N–H and O–H groups in total. The van der Waals surface area contributed by atoms with Gasteiger partial charge in [-0.2, -0.15) is 5.10 Å². The zero-order chi connectivity index (χ0) is 20.2. The van der Waals surface area contributed by atoms with Gasteiger partial charge in [0.15, 0.2) is 0 Å². The Bertz CT molecular complexity index is 812. The number of nitrogens with zero attached hydrogens (tertiary/aromatic N) is 3. The van der Waals surface area contributed by atoms with E-state index in [2.05, 4.69) is 10.4 Å². The van der Waals surface area contributed by atoms with Crippen molar-refractivity contribution in [2.45, 2.75) is 64.0 Å². The van der Waals surface area contributed by atoms with Gasteiger partial charge in [0, 0.05) is 12.7 Å². The van der Waals surface area contributed by atoms with E-state index in [0.29, 0.717) is 36.4 Å². The van der Waals surface area contributed by atoms with Crippen molar-refractivity contribution in [3.63, 3.8) is 0 Å². The minimum absolute atomic E-state index is 0.0318. The van der Waals surface area contributed by atoms with Crippen LogP contribution in [-0.2, 0) is 20.9 Å². The molecule has 1 unspecified atom stereocenters. The number of primary amides is 1. The average molecular weight is 399 g/mol. The van der Waals surface area contributed by atoms with E-state index in [1.807, 2.05) is 4.90 Å². The Labute approximate surface area is 170 Å². The van der Waals surface area contributed by atoms with Crippen LogP contribution in [0.25, 0.3) is 0 Å². The van der Waals surface area contributed by atoms with Gasteiger partial charge in [-0.1, -0.05) is 0 Å². The lowest BCUT2D eigenvalue weighted by Crippen LogP contribution is -2.56. The number of carbonyl (C=O) groups excluding carboxylic acids is 3. The predicted molar refractivity (Wildman–Crippen MR) is 105 cm³/mol. The minimum atomic E-state index is -0.492. The van der Waals surface area contributed by atoms with Crippen molar-refractivity contribution in [3.05, 3.63) is 12.4 Å². The highest BCUT2D eigenvalue weighted by atomic mass is 16.2. The molecule has 4 bridgehead atoms. The highest BCUT2D eigenvalue weighted by Gasteiger charge is 2.56. The van der Waals surface area contributed by atoms with Gasteiger partial charge in [-0.15, -0.1) is 0 Å². The minimum Gasteiger partial charge on any atom is -0.368 e. The number of likely N-dealkylation sites (tertiary alicyclic amines) is 1. The molecule has 6 rings (SSSR count). The fourth-order valence-corrected chi connectivity index (χ4v) is 6.86. The van der Waals surface area contributed by atoms with Gasteiger partial charge >= 0.3 is 0 Å². The molecule has 8 heteroatoms. The summed E-state index contributed by atoms with van der Waals surface area (Å²) < 4.78 is 1.39. The maximum absolute atomic E-state index is 13.7. The number of amides is 3. The van der Waals surface area contributed by atoms with Crippen LogP contribution in [0.4, 0.5) is 5.69 Å². The number of anilines is 1. The fourth-order valence-electron chi connectivity index (χ4n) is 6.86. The Hall–Kier alpha value is -2.38. The molecule has 2 heterocycles. The first kappa shape index (κ1) is 18.6. The number of hydrogen-bond acceptors (Lipinski definition) is 4. The molecule has 4 aliphatic carbocycles. The summed E-state index contributed by atoms with van der Waals surface area (Å²) in [7, 11) is 0. The summed E-state index contributed by atoms with van der Waals surface area (Å²) in [6, 6.07) is -0.421. The van der Waals surface area contributed by atoms with E-state index >= 15 is 0 Å². The topological polar surface area (TPSA) is 110 Å². The molecule has 0 radical (unpaired) electrons. The van der Waals surface area contributed by atoms with Crippen molar-refractivity contribution < 1.29 is 14.4 Å². The smallest absolute Gasteiger partial charge is 0.247 e. The van der Waals surface area contributed by atoms with E-state index in [4.69, 9.17) is 5.73 Å². The molecule has 3 amide bonds. The van der Waals surface area contributed by atoms with Crippen molar-refractivity contribution in [1.82, 2.24) is 14.7 Å². The maximum atomic E-state index is 13.7. The monoisotopic (exact) mass is 399 g/mol. The third-order valence-electron chi connectivity index (χ3n) is 7.53. The Morgan fingerprint density at radius 2 is 1.79 bits per heavy atom. The van der Waals surface area contributed by atoms with E-state index < -0.39 is 11.9 Å². The van der Waals surface area contributed by atoms with Crippen LogP contribution in [0.3, 0.4) is 0 Å². The Morgan fingerprint density at radius 3 is 2.41 bits per heavy atom. The zero-order valence-corrected chi connectivity index (χ0v) is 16.7. The second-order valence-electron chi connectivity index (χ2n) is 9.74. The van der Waals surface area contributed by atoms with Gasteiger partial charge in [0.2, 0.25) is 17.7 Å². The molecule has 4 saturated carbocycles. The van der Waals surface area contributed by atoms with Gasteiger partial charge < -0.3 is 16.0 Å². The summed E-state index contributed by atoms with van der Waals surface area (Å²) in [5.41, 5.74) is 5.48. The molecular formula is C21H29N5O3. The number of nitrogens with two attached hydrogens (primary N) is 1. The summed E-state index contributed by atoms with van der Waals surface area (Å²) in [5, 5.41) is 6.91. The zero-order valence-electron chi connectivity index (χ0n) is 16.7. The molecule has 29 heavy (non-hydrogen) atoms. The molecule has 0 spiro atoms. The average Bonchev–Trinajstić information content (AvgIpc) is 3.29. The molecule has 1 aromatic heterocycles. The first-order valence-electron chi connectivity index (χ1n) is 10.8. The van der Waals surface area contributed by atoms with Crippen molar-refractivity contribution in [1.29, 1.82) is 0 Å². The highest BCUT2D eigenvalue weighted by molar-refractivity contribution is 5.98. The highest BCUT2D eigenvalue weighted by Crippen LogP contribution is 2.60. The molecule has 0 aromatic carbocycles. The van der Waals surface area contributed by atoms with Crippen LogP contribution in [0.5, 0.6) is 0 Å². The van der Waals surface area contributed by atoms with E-state index in [9.17, 15) is 14.4 Å². The van der Waals surface area contributed by atoms with E-state index in [1.54, 1.807) is 6.20 Å². The number of aromatic nitrogens is 2. The van der Waals surface area contributed by atoms with Gasteiger partial charge in [-0.25, -0.2) is 0 Å². The van der Waals surface area contributed by atoms with Gasteiger partial charge in [0.05, 0.1) is 17.3 Å². The standard InChI is InChI=1S/C21H29N5O3/c22-18(27)12-25-11-16(10-23-25)24-19(28)17-2-1-3-26(17)20(29)21-7-13-4-14(8-21)6-15(5-13)9-21/h10-11,13-15,17H,1-9,12H2,(H2,22,27)(H,24,28). The molecular weight excluding hydrogens is 370 g/mol. The van der Waals surface area contributed by atoms with Gasteiger partial charge in [-0.3, -0.25) is 19.1 Å². The van der Waals surface area contributed by atoms with Gasteiger partial charge in [-0.05, 0) is 69.1 Å². The second-order valence-corrected chi connectivity index (χ2v) is 9.74. The summed E-state index contributed by atoms with van der Waals surface area (Å²) >= 11 is 0. The van der Waals surface area contributed by atoms with E-state index in [1.165, 1.54) is 30.1 Å². The van der Waals surface area contributed by atoms with Crippen molar-refractivity contribution in [2.24, 2.45) is 28.9 Å². The number of nitrogens with one attached hydrogen (secondary N) is 1. The van der Waals surface area contributed by atoms with Crippen LogP contribution in [0.2, 0.25) is 0 Å². The van der Waals surface area contributed by atoms with E-state index in [0.717, 1.165) is 25.7 Å². The molecule has 8 nitrogen and oxygen atoms in total. The lowest BCUT2D eigenvalue weighted by molar-refractivity contribution is -0.160. The number of rotatable bonds is 5. The van der Waals surface area contributed by atoms with Crippen molar-refractivity contribution in [2.75, 3.05) is 11.9 Å². The molecule has 1 saturated heterocycles. The SMILES string of the molecule is NC(=O)Cn1cc(NC(=O)C2CCCN2C(=O)C23CC4CC(CC(C4)C2)C3)cn1. The molecule has 1 atom stereocenters. The maximum Gasteiger partial charge on any atom is 0.247 e. The number of hydrogen-bond donors (Lipinski definition) is 2. The summed E-state index contributed by atoms with van der Waals surface area (Å²) in [5.74, 6) is 1.68. The van der Waals surface area contributed by atoms with Crippen LogP contribution in [-0.4, -0.2) is 45.0 Å². The first-order valence-corrected chi connectivity index (χ1v) is 10.8. The van der Waals surface area contributed by atoms with Crippen LogP contribution in [0, 0.1) is 23.2 Å². The summed E-state index contributed by atoms with van der Waals surface area (Å²) in [6.07, 6.45) is 11.6. The van der Waals surface area contributed by atoms with E-state index in [-0.39, 0.29) is 23.8 Å². The van der Waals surface area contributed by atoms with Crippen LogP contribution in [0.15, 0.2) is 12.4 Å². The summed E-state index contributed by atoms with van der Waals surface area (Å²) in [4.78, 5) is 39.5. The largest absolute Gasteiger partial charge is 0.368 e. The Balaban J connectivity index is 1.28. The number of carbonyl (C=O) groups is 3. The fraction of sp³-hybridized carbons (Fsp3) is 0.714. The molecule has 1 aromatic rings. The lowest BCUT2D eigenvalue weighted by atomic mass is 9.49. The Morgan fingerprint density at radius 1 is 1.14 bits per heavy atom. The molecule has 5 fully saturated rings. The third kappa shape index (κ3) is 3.32. The molecule has 156 valence electrons. The molecule has 1 aliphatic heterocycles. The second kappa shape index (κ2) is 6.85. The quantitative estimate of drug-likeness (QED) is 0.782. The van der Waals surface area contributed by atoms with Crippen molar-refractivity contribution in [3.8, 4) is 0 Å². The lowest BCUT2D eigenvalue weighted by Gasteiger charge is -2.56. The van der Waals surface area contributed by atoms with Gasteiger partial charge in [0.25, 0.3) is 0 Å². The molecule has 5 aliphatic rings. The summed E-state index contributed by atoms with van der Waals surface area (Å²) in [6.45, 7) is 0.634. The first-order chi connectivity index (χ1) is 13.9. The third-order valence-corrected chi connectivity index (χ3v) is 7.53. The van der Waals surface area contributed by atoms with Crippen LogP contribution < -0.4 is 11.1 Å². The normalized spacial score (nSPS) is 35.1. The van der Waals surface area contributed by atoms with Crippen LogP contribution >= 0.6 is 0 Å². The Kier molecular flexibility index (Phi) is 4.40. The van der Waals surface area contributed by atoms with Crippen molar-refractivity contribution >= 4 is 23.4 Å².